The van der Waals surface area contributed by atoms with Gasteiger partial charge in [-0.3, -0.25) is 10.1 Å². The Bertz CT molecular complexity index is 977. The van der Waals surface area contributed by atoms with E-state index >= 15 is 0 Å². The summed E-state index contributed by atoms with van der Waals surface area (Å²) in [5.41, 5.74) is -1.99. The first-order valence-electron chi connectivity index (χ1n) is 11.5. The molecule has 2 aliphatic rings. The summed E-state index contributed by atoms with van der Waals surface area (Å²) in [6.07, 6.45) is -2.56. The van der Waals surface area contributed by atoms with Gasteiger partial charge < -0.3 is 24.3 Å². The number of hydrogen-bond donors (Lipinski definition) is 2. The van der Waals surface area contributed by atoms with Crippen LogP contribution in [0.15, 0.2) is 24.3 Å². The normalized spacial score (nSPS) is 26.7. The highest BCUT2D eigenvalue weighted by molar-refractivity contribution is 6.30. The van der Waals surface area contributed by atoms with E-state index in [1.54, 1.807) is 58.9 Å². The third-order valence-corrected chi connectivity index (χ3v) is 6.12. The largest absolute Gasteiger partial charge is 0.466 e. The highest BCUT2D eigenvalue weighted by Gasteiger charge is 2.77. The SMILES string of the molecule is CCOC(=O)[C@H]1C2C(OC(=O)Nc3ccc(Cl)cc3)CC(NC(=O)OC(C)(C)C)(C(=O)OCC)C21. The molecule has 2 amide bonds. The number of carbonyl (C=O) groups is 4. The Morgan fingerprint density at radius 3 is 2.23 bits per heavy atom. The highest BCUT2D eigenvalue weighted by Crippen LogP contribution is 2.64. The Labute approximate surface area is 208 Å². The number of esters is 2. The summed E-state index contributed by atoms with van der Waals surface area (Å²) in [6, 6.07) is 6.42. The van der Waals surface area contributed by atoms with Crippen LogP contribution < -0.4 is 10.6 Å². The molecule has 2 N–H and O–H groups in total. The van der Waals surface area contributed by atoms with Crippen molar-refractivity contribution in [2.75, 3.05) is 18.5 Å². The number of carbonyl (C=O) groups excluding carboxylic acids is 4. The quantitative estimate of drug-likeness (QED) is 0.417. The van der Waals surface area contributed by atoms with Crippen LogP contribution in [0.2, 0.25) is 5.02 Å². The fourth-order valence-electron chi connectivity index (χ4n) is 4.65. The number of nitrogens with one attached hydrogen (secondary N) is 2. The molecule has 2 aliphatic carbocycles. The van der Waals surface area contributed by atoms with Crippen molar-refractivity contribution in [1.29, 1.82) is 0 Å². The van der Waals surface area contributed by atoms with Crippen molar-refractivity contribution in [3.63, 3.8) is 0 Å². The fraction of sp³-hybridized carbons (Fsp3) is 0.583. The third kappa shape index (κ3) is 5.98. The van der Waals surface area contributed by atoms with Crippen LogP contribution in [-0.4, -0.2) is 54.6 Å². The van der Waals surface area contributed by atoms with Crippen LogP contribution in [0.25, 0.3) is 0 Å². The molecule has 0 aromatic heterocycles. The van der Waals surface area contributed by atoms with Gasteiger partial charge in [-0.25, -0.2) is 14.4 Å². The van der Waals surface area contributed by atoms with Gasteiger partial charge in [0.2, 0.25) is 0 Å². The van der Waals surface area contributed by atoms with Gasteiger partial charge in [-0.2, -0.15) is 0 Å². The molecule has 0 saturated heterocycles. The topological polar surface area (TPSA) is 129 Å². The van der Waals surface area contributed by atoms with Crippen LogP contribution in [0.3, 0.4) is 0 Å². The van der Waals surface area contributed by atoms with Crippen molar-refractivity contribution in [3.05, 3.63) is 29.3 Å². The Hall–Kier alpha value is -3.01. The molecule has 0 bridgehead atoms. The molecule has 0 aliphatic heterocycles. The van der Waals surface area contributed by atoms with E-state index in [2.05, 4.69) is 10.6 Å². The highest BCUT2D eigenvalue weighted by atomic mass is 35.5. The zero-order chi connectivity index (χ0) is 26.0. The summed E-state index contributed by atoms with van der Waals surface area (Å²) >= 11 is 5.87. The molecule has 0 heterocycles. The molecule has 35 heavy (non-hydrogen) atoms. The number of rotatable bonds is 7. The second kappa shape index (κ2) is 10.3. The molecule has 1 aromatic rings. The van der Waals surface area contributed by atoms with E-state index in [0.717, 1.165) is 0 Å². The van der Waals surface area contributed by atoms with Crippen molar-refractivity contribution < 1.29 is 38.1 Å². The predicted molar refractivity (Wildman–Crippen MR) is 126 cm³/mol. The molecule has 10 nitrogen and oxygen atoms in total. The Morgan fingerprint density at radius 1 is 1.03 bits per heavy atom. The molecule has 2 saturated carbocycles. The summed E-state index contributed by atoms with van der Waals surface area (Å²) < 4.78 is 21.4. The number of anilines is 1. The van der Waals surface area contributed by atoms with Gasteiger partial charge in [0.25, 0.3) is 0 Å². The second-order valence-corrected chi connectivity index (χ2v) is 9.92. The Kier molecular flexibility index (Phi) is 7.83. The van der Waals surface area contributed by atoms with Gasteiger partial charge in [0.05, 0.1) is 19.1 Å². The summed E-state index contributed by atoms with van der Waals surface area (Å²) in [7, 11) is 0. The van der Waals surface area contributed by atoms with Crippen LogP contribution >= 0.6 is 11.6 Å². The molecular formula is C24H31ClN2O8. The van der Waals surface area contributed by atoms with Crippen molar-refractivity contribution in [2.45, 2.75) is 58.3 Å². The van der Waals surface area contributed by atoms with Crippen LogP contribution in [0.1, 0.15) is 41.0 Å². The molecule has 0 radical (unpaired) electrons. The van der Waals surface area contributed by atoms with Gasteiger partial charge >= 0.3 is 24.1 Å². The van der Waals surface area contributed by atoms with Crippen LogP contribution in [0, 0.1) is 17.8 Å². The monoisotopic (exact) mass is 510 g/mol. The maximum absolute atomic E-state index is 13.2. The van der Waals surface area contributed by atoms with E-state index in [-0.39, 0.29) is 19.6 Å². The molecule has 5 atom stereocenters. The molecular weight excluding hydrogens is 480 g/mol. The molecule has 3 rings (SSSR count). The first kappa shape index (κ1) is 26.6. The summed E-state index contributed by atoms with van der Waals surface area (Å²) in [5.74, 6) is -3.23. The minimum atomic E-state index is -1.62. The van der Waals surface area contributed by atoms with Gasteiger partial charge in [-0.1, -0.05) is 11.6 Å². The van der Waals surface area contributed by atoms with Gasteiger partial charge in [0.15, 0.2) is 0 Å². The van der Waals surface area contributed by atoms with Gasteiger partial charge in [-0.05, 0) is 58.9 Å². The molecule has 192 valence electrons. The lowest BCUT2D eigenvalue weighted by Gasteiger charge is -2.33. The van der Waals surface area contributed by atoms with Crippen molar-refractivity contribution in [2.24, 2.45) is 17.8 Å². The number of benzene rings is 1. The minimum Gasteiger partial charge on any atom is -0.466 e. The number of amides is 2. The maximum atomic E-state index is 13.2. The van der Waals surface area contributed by atoms with Gasteiger partial charge in [-0.15, -0.1) is 0 Å². The standard InChI is InChI=1S/C24H31ClN2O8/c1-6-32-19(28)17-16-15(34-21(30)26-14-10-8-13(25)9-11-14)12-24(18(16)17,20(29)33-7-2)27-22(31)35-23(3,4)5/h8-11,15-18H,6-7,12H2,1-5H3,(H,26,30)(H,27,31)/t15?,16?,17-,18?,24?/m0/s1. The fourth-order valence-corrected chi connectivity index (χ4v) is 4.78. The van der Waals surface area contributed by atoms with Crippen molar-refractivity contribution >= 4 is 41.4 Å². The van der Waals surface area contributed by atoms with E-state index in [1.165, 1.54) is 0 Å². The van der Waals surface area contributed by atoms with E-state index in [4.69, 9.17) is 30.5 Å². The first-order chi connectivity index (χ1) is 16.4. The lowest BCUT2D eigenvalue weighted by atomic mass is 9.89. The molecule has 2 fully saturated rings. The lowest BCUT2D eigenvalue weighted by Crippen LogP contribution is -2.58. The van der Waals surface area contributed by atoms with Gasteiger partial charge in [0, 0.05) is 29.0 Å². The van der Waals surface area contributed by atoms with E-state index in [1.807, 2.05) is 0 Å². The minimum absolute atomic E-state index is 0.0562. The van der Waals surface area contributed by atoms with Gasteiger partial charge in [0.1, 0.15) is 17.2 Å². The number of ether oxygens (including phenoxy) is 4. The molecule has 0 spiro atoms. The van der Waals surface area contributed by atoms with E-state index < -0.39 is 59.1 Å². The zero-order valence-corrected chi connectivity index (χ0v) is 21.1. The summed E-state index contributed by atoms with van der Waals surface area (Å²) in [4.78, 5) is 51.2. The third-order valence-electron chi connectivity index (χ3n) is 5.87. The molecule has 11 heteroatoms. The molecule has 1 aromatic carbocycles. The Balaban J connectivity index is 1.86. The average Bonchev–Trinajstić information content (AvgIpc) is 3.42. The smallest absolute Gasteiger partial charge is 0.411 e. The van der Waals surface area contributed by atoms with Crippen molar-refractivity contribution in [3.8, 4) is 0 Å². The van der Waals surface area contributed by atoms with E-state index in [9.17, 15) is 19.2 Å². The zero-order valence-electron chi connectivity index (χ0n) is 20.4. The lowest BCUT2D eigenvalue weighted by molar-refractivity contribution is -0.154. The first-order valence-corrected chi connectivity index (χ1v) is 11.9. The Morgan fingerprint density at radius 2 is 1.66 bits per heavy atom. The summed E-state index contributed by atoms with van der Waals surface area (Å²) in [5, 5.41) is 5.74. The van der Waals surface area contributed by atoms with Crippen LogP contribution in [-0.2, 0) is 28.5 Å². The average molecular weight is 511 g/mol. The predicted octanol–water partition coefficient (Wildman–Crippen LogP) is 3.91. The molecule has 4 unspecified atom stereocenters. The number of halogens is 1. The number of fused-ring (bicyclic) bond motifs is 1. The number of alkyl carbamates (subject to hydrolysis) is 1. The maximum Gasteiger partial charge on any atom is 0.411 e. The number of hydrogen-bond acceptors (Lipinski definition) is 8. The van der Waals surface area contributed by atoms with Crippen LogP contribution in [0.5, 0.6) is 0 Å². The summed E-state index contributed by atoms with van der Waals surface area (Å²) in [6.45, 7) is 8.56. The second-order valence-electron chi connectivity index (χ2n) is 9.48. The van der Waals surface area contributed by atoms with E-state index in [0.29, 0.717) is 10.7 Å². The van der Waals surface area contributed by atoms with Crippen LogP contribution in [0.4, 0.5) is 15.3 Å². The van der Waals surface area contributed by atoms with Crippen molar-refractivity contribution in [1.82, 2.24) is 5.32 Å².